The van der Waals surface area contributed by atoms with Crippen LogP contribution in [0.15, 0.2) is 4.99 Å². The minimum Gasteiger partial charge on any atom is -0.386 e. The zero-order valence-corrected chi connectivity index (χ0v) is 6.37. The van der Waals surface area contributed by atoms with Crippen molar-refractivity contribution in [1.29, 1.82) is 0 Å². The molecule has 4 N–H and O–H groups in total. The Bertz CT molecular complexity index is 133. The standard InChI is InChI=1S/C4H8F3N3.ClH/c5-4(6,7)2-10-3(9)1-8;/h1-2,8H2,(H2,9,10);1H. The lowest BCUT2D eigenvalue weighted by Crippen LogP contribution is -2.25. The Hall–Kier alpha value is -0.490. The maximum absolute atomic E-state index is 11.3. The van der Waals surface area contributed by atoms with Crippen LogP contribution >= 0.6 is 12.4 Å². The minimum absolute atomic E-state index is 0. The summed E-state index contributed by atoms with van der Waals surface area (Å²) in [6, 6.07) is 0. The van der Waals surface area contributed by atoms with Crippen LogP contribution in [0.4, 0.5) is 13.2 Å². The predicted molar refractivity (Wildman–Crippen MR) is 38.8 cm³/mol. The molecule has 7 heteroatoms. The lowest BCUT2D eigenvalue weighted by atomic mass is 10.6. The van der Waals surface area contributed by atoms with Gasteiger partial charge in [-0.25, -0.2) is 0 Å². The van der Waals surface area contributed by atoms with Crippen LogP contribution in [-0.2, 0) is 0 Å². The van der Waals surface area contributed by atoms with Crippen molar-refractivity contribution in [2.24, 2.45) is 16.5 Å². The average Bonchev–Trinajstić information content (AvgIpc) is 1.81. The highest BCUT2D eigenvalue weighted by molar-refractivity contribution is 5.85. The van der Waals surface area contributed by atoms with Crippen molar-refractivity contribution in [3.63, 3.8) is 0 Å². The van der Waals surface area contributed by atoms with Crippen molar-refractivity contribution in [2.75, 3.05) is 13.1 Å². The van der Waals surface area contributed by atoms with Gasteiger partial charge in [0.05, 0.1) is 6.54 Å². The number of amidine groups is 1. The maximum atomic E-state index is 11.3. The number of halogens is 4. The molecule has 11 heavy (non-hydrogen) atoms. The maximum Gasteiger partial charge on any atom is 0.408 e. The van der Waals surface area contributed by atoms with Crippen LogP contribution < -0.4 is 11.5 Å². The fourth-order valence-electron chi connectivity index (χ4n) is 0.256. The normalized spacial score (nSPS) is 12.5. The molecule has 0 bridgehead atoms. The van der Waals surface area contributed by atoms with Crippen molar-refractivity contribution in [2.45, 2.75) is 6.18 Å². The molecule has 0 aliphatic heterocycles. The summed E-state index contributed by atoms with van der Waals surface area (Å²) in [6.45, 7) is -1.40. The lowest BCUT2D eigenvalue weighted by Gasteiger charge is -2.01. The molecule has 3 nitrogen and oxygen atoms in total. The third-order valence-electron chi connectivity index (χ3n) is 0.671. The van der Waals surface area contributed by atoms with E-state index < -0.39 is 12.7 Å². The first kappa shape index (κ1) is 13.1. The molecule has 0 aromatic rings. The van der Waals surface area contributed by atoms with E-state index in [9.17, 15) is 13.2 Å². The molecular formula is C4H9ClF3N3. The summed E-state index contributed by atoms with van der Waals surface area (Å²) in [5.74, 6) is -0.183. The minimum atomic E-state index is -4.29. The molecule has 0 radical (unpaired) electrons. The van der Waals surface area contributed by atoms with E-state index >= 15 is 0 Å². The van der Waals surface area contributed by atoms with Crippen LogP contribution in [0, 0.1) is 0 Å². The van der Waals surface area contributed by atoms with E-state index in [1.165, 1.54) is 0 Å². The van der Waals surface area contributed by atoms with Gasteiger partial charge in [-0.1, -0.05) is 0 Å². The molecule has 0 rings (SSSR count). The highest BCUT2D eigenvalue weighted by Gasteiger charge is 2.26. The van der Waals surface area contributed by atoms with Crippen molar-refractivity contribution >= 4 is 18.2 Å². The first-order chi connectivity index (χ1) is 4.45. The summed E-state index contributed by atoms with van der Waals surface area (Å²) >= 11 is 0. The van der Waals surface area contributed by atoms with Gasteiger partial charge < -0.3 is 11.5 Å². The highest BCUT2D eigenvalue weighted by Crippen LogP contribution is 2.13. The van der Waals surface area contributed by atoms with E-state index in [-0.39, 0.29) is 24.8 Å². The topological polar surface area (TPSA) is 64.4 Å². The van der Waals surface area contributed by atoms with E-state index in [2.05, 4.69) is 4.99 Å². The smallest absolute Gasteiger partial charge is 0.386 e. The summed E-state index contributed by atoms with van der Waals surface area (Å²) in [6.07, 6.45) is -4.29. The second kappa shape index (κ2) is 5.20. The first-order valence-electron chi connectivity index (χ1n) is 2.51. The predicted octanol–water partition coefficient (Wildman–Crippen LogP) is 0.286. The van der Waals surface area contributed by atoms with Crippen LogP contribution in [0.1, 0.15) is 0 Å². The Morgan fingerprint density at radius 2 is 1.82 bits per heavy atom. The van der Waals surface area contributed by atoms with Crippen molar-refractivity contribution < 1.29 is 13.2 Å². The molecule has 0 heterocycles. The monoisotopic (exact) mass is 191 g/mol. The van der Waals surface area contributed by atoms with Gasteiger partial charge in [0.25, 0.3) is 0 Å². The summed E-state index contributed by atoms with van der Waals surface area (Å²) in [4.78, 5) is 2.96. The van der Waals surface area contributed by atoms with Gasteiger partial charge in [0.1, 0.15) is 12.4 Å². The second-order valence-corrected chi connectivity index (χ2v) is 1.63. The van der Waals surface area contributed by atoms with Crippen LogP contribution in [0.25, 0.3) is 0 Å². The van der Waals surface area contributed by atoms with Gasteiger partial charge in [0.15, 0.2) is 0 Å². The van der Waals surface area contributed by atoms with Crippen LogP contribution in [-0.4, -0.2) is 25.1 Å². The third kappa shape index (κ3) is 9.51. The number of hydrogen-bond acceptors (Lipinski definition) is 2. The molecule has 0 aliphatic rings. The molecule has 0 aromatic carbocycles. The van der Waals surface area contributed by atoms with Gasteiger partial charge in [0, 0.05) is 0 Å². The first-order valence-corrected chi connectivity index (χ1v) is 2.51. The molecule has 0 spiro atoms. The van der Waals surface area contributed by atoms with Gasteiger partial charge in [0.2, 0.25) is 0 Å². The molecule has 0 amide bonds. The van der Waals surface area contributed by atoms with Gasteiger partial charge >= 0.3 is 6.18 Å². The Balaban J connectivity index is 0. The second-order valence-electron chi connectivity index (χ2n) is 1.63. The molecular weight excluding hydrogens is 183 g/mol. The van der Waals surface area contributed by atoms with Crippen LogP contribution in [0.5, 0.6) is 0 Å². The molecule has 0 aliphatic carbocycles. The van der Waals surface area contributed by atoms with Gasteiger partial charge in [-0.3, -0.25) is 4.99 Å². The Labute approximate surface area is 68.1 Å². The molecule has 0 unspecified atom stereocenters. The number of alkyl halides is 3. The number of rotatable bonds is 2. The largest absolute Gasteiger partial charge is 0.408 e. The molecule has 0 saturated heterocycles. The highest BCUT2D eigenvalue weighted by atomic mass is 35.5. The summed E-state index contributed by atoms with van der Waals surface area (Å²) in [5.41, 5.74) is 9.78. The van der Waals surface area contributed by atoms with Crippen LogP contribution in [0.3, 0.4) is 0 Å². The summed E-state index contributed by atoms with van der Waals surface area (Å²) < 4.78 is 34.0. The van der Waals surface area contributed by atoms with E-state index in [1.807, 2.05) is 0 Å². The van der Waals surface area contributed by atoms with E-state index in [0.29, 0.717) is 0 Å². The molecule has 0 saturated carbocycles. The number of nitrogens with zero attached hydrogens (tertiary/aromatic N) is 1. The van der Waals surface area contributed by atoms with Gasteiger partial charge in [-0.15, -0.1) is 12.4 Å². The van der Waals surface area contributed by atoms with E-state index in [1.54, 1.807) is 0 Å². The number of hydrogen-bond donors (Lipinski definition) is 2. The Morgan fingerprint density at radius 3 is 2.09 bits per heavy atom. The number of nitrogens with two attached hydrogens (primary N) is 2. The molecule has 68 valence electrons. The van der Waals surface area contributed by atoms with Crippen molar-refractivity contribution in [3.8, 4) is 0 Å². The van der Waals surface area contributed by atoms with Crippen LogP contribution in [0.2, 0.25) is 0 Å². The molecule has 0 aromatic heterocycles. The number of aliphatic imine (C=N–C) groups is 1. The van der Waals surface area contributed by atoms with E-state index in [4.69, 9.17) is 11.5 Å². The SMILES string of the molecule is Cl.NCC(N)=NCC(F)(F)F. The molecule has 0 atom stereocenters. The zero-order chi connectivity index (χ0) is 8.20. The van der Waals surface area contributed by atoms with Crippen molar-refractivity contribution in [1.82, 2.24) is 0 Å². The summed E-state index contributed by atoms with van der Waals surface area (Å²) in [5, 5.41) is 0. The van der Waals surface area contributed by atoms with Gasteiger partial charge in [-0.05, 0) is 0 Å². The molecule has 0 fully saturated rings. The zero-order valence-electron chi connectivity index (χ0n) is 5.56. The van der Waals surface area contributed by atoms with Crippen molar-refractivity contribution in [3.05, 3.63) is 0 Å². The fraction of sp³-hybridized carbons (Fsp3) is 0.750. The Kier molecular flexibility index (Phi) is 6.20. The van der Waals surface area contributed by atoms with Gasteiger partial charge in [-0.2, -0.15) is 13.2 Å². The summed E-state index contributed by atoms with van der Waals surface area (Å²) in [7, 11) is 0. The average molecular weight is 192 g/mol. The Morgan fingerprint density at radius 1 is 1.36 bits per heavy atom. The quantitative estimate of drug-likeness (QED) is 0.487. The van der Waals surface area contributed by atoms with E-state index in [0.717, 1.165) is 0 Å². The third-order valence-corrected chi connectivity index (χ3v) is 0.671. The fourth-order valence-corrected chi connectivity index (χ4v) is 0.256. The lowest BCUT2D eigenvalue weighted by molar-refractivity contribution is -0.118.